The van der Waals surface area contributed by atoms with Crippen molar-refractivity contribution in [2.75, 3.05) is 20.8 Å². The zero-order valence-electron chi connectivity index (χ0n) is 40.9. The molecule has 0 radical (unpaired) electrons. The Balaban J connectivity index is 1.15. The van der Waals surface area contributed by atoms with Crippen molar-refractivity contribution in [2.24, 2.45) is 35.5 Å². The number of aliphatic hydroxyl groups excluding tert-OH is 3. The molecule has 7 aliphatic rings. The van der Waals surface area contributed by atoms with Crippen LogP contribution in [0.5, 0.6) is 0 Å². The molecule has 0 aromatic heterocycles. The zero-order valence-corrected chi connectivity index (χ0v) is 40.9. The van der Waals surface area contributed by atoms with E-state index in [1.165, 1.54) is 7.11 Å². The molecule has 378 valence electrons. The van der Waals surface area contributed by atoms with Crippen LogP contribution in [0, 0.1) is 35.5 Å². The van der Waals surface area contributed by atoms with Gasteiger partial charge in [0.05, 0.1) is 36.6 Å². The summed E-state index contributed by atoms with van der Waals surface area (Å²) < 4.78 is 41.6. The maximum atomic E-state index is 14.4. The second kappa shape index (κ2) is 20.9. The van der Waals surface area contributed by atoms with E-state index < -0.39 is 95.6 Å². The Hall–Kier alpha value is -2.71. The Morgan fingerprint density at radius 3 is 2.30 bits per heavy atom. The number of nitrogens with zero attached hydrogens (tertiary/aromatic N) is 1. The van der Waals surface area contributed by atoms with E-state index in [1.807, 2.05) is 19.9 Å². The molecule has 6 heterocycles. The Morgan fingerprint density at radius 1 is 0.866 bits per heavy atom. The molecule has 7 rings (SSSR count). The minimum absolute atomic E-state index is 0.0382. The normalized spacial score (nSPS) is 47.6. The fraction of sp³-hybridized carbons (Fsp3) is 0.860. The fourth-order valence-corrected chi connectivity index (χ4v) is 11.8. The summed E-state index contributed by atoms with van der Waals surface area (Å²) >= 11 is 0. The Morgan fingerprint density at radius 2 is 1.60 bits per heavy atom. The molecule has 17 nitrogen and oxygen atoms in total. The van der Waals surface area contributed by atoms with Crippen LogP contribution in [-0.2, 0) is 57.1 Å². The average Bonchev–Trinajstić information content (AvgIpc) is 4.23. The van der Waals surface area contributed by atoms with Gasteiger partial charge in [-0.3, -0.25) is 19.2 Å². The van der Waals surface area contributed by atoms with Crippen LogP contribution >= 0.6 is 0 Å². The molecule has 6 aliphatic heterocycles. The third-order valence-corrected chi connectivity index (χ3v) is 16.6. The van der Waals surface area contributed by atoms with Crippen molar-refractivity contribution in [3.05, 3.63) is 11.6 Å². The Labute approximate surface area is 394 Å². The molecule has 1 aliphatic carbocycles. The summed E-state index contributed by atoms with van der Waals surface area (Å²) in [7, 11) is 2.92. The first-order valence-electron chi connectivity index (χ1n) is 24.9. The van der Waals surface area contributed by atoms with Crippen LogP contribution in [0.3, 0.4) is 0 Å². The van der Waals surface area contributed by atoms with Gasteiger partial charge in [-0.25, -0.2) is 4.79 Å². The van der Waals surface area contributed by atoms with Crippen molar-refractivity contribution in [3.63, 3.8) is 0 Å². The number of aliphatic hydroxyl groups is 4. The van der Waals surface area contributed by atoms with Gasteiger partial charge in [0, 0.05) is 51.4 Å². The summed E-state index contributed by atoms with van der Waals surface area (Å²) in [5.74, 6) is -8.53. The highest BCUT2D eigenvalue weighted by molar-refractivity contribution is 6.39. The maximum Gasteiger partial charge on any atom is 0.329 e. The number of epoxide rings is 3. The summed E-state index contributed by atoms with van der Waals surface area (Å²) in [6, 6.07) is -1.18. The molecule has 2 bridgehead atoms. The number of ketones is 3. The van der Waals surface area contributed by atoms with E-state index in [1.54, 1.807) is 41.7 Å². The van der Waals surface area contributed by atoms with E-state index in [2.05, 4.69) is 0 Å². The molecule has 21 atom stereocenters. The van der Waals surface area contributed by atoms with Gasteiger partial charge >= 0.3 is 5.97 Å². The van der Waals surface area contributed by atoms with Gasteiger partial charge in [0.15, 0.2) is 5.78 Å². The van der Waals surface area contributed by atoms with E-state index >= 15 is 0 Å². The highest BCUT2D eigenvalue weighted by atomic mass is 16.7. The molecule has 4 N–H and O–H groups in total. The lowest BCUT2D eigenvalue weighted by molar-refractivity contribution is -0.265. The van der Waals surface area contributed by atoms with Crippen LogP contribution in [0.2, 0.25) is 0 Å². The van der Waals surface area contributed by atoms with Crippen molar-refractivity contribution in [3.8, 4) is 0 Å². The molecule has 0 spiro atoms. The third-order valence-electron chi connectivity index (χ3n) is 16.6. The molecule has 5 saturated heterocycles. The largest absolute Gasteiger partial charge is 0.460 e. The number of amides is 1. The van der Waals surface area contributed by atoms with Gasteiger partial charge in [0.2, 0.25) is 5.79 Å². The molecular formula is C50H77NO16. The van der Waals surface area contributed by atoms with Gasteiger partial charge in [-0.2, -0.15) is 0 Å². The Bertz CT molecular complexity index is 1860. The topological polar surface area (TPSA) is 244 Å². The summed E-state index contributed by atoms with van der Waals surface area (Å²) in [4.78, 5) is 72.3. The van der Waals surface area contributed by atoms with Gasteiger partial charge < -0.3 is 58.5 Å². The number of fused-ring (bicyclic) bond motifs is 7. The summed E-state index contributed by atoms with van der Waals surface area (Å²) in [6.45, 7) is 12.5. The highest BCUT2D eigenvalue weighted by Crippen LogP contribution is 2.48. The summed E-state index contributed by atoms with van der Waals surface area (Å²) in [5, 5.41) is 45.4. The first-order valence-corrected chi connectivity index (χ1v) is 24.9. The van der Waals surface area contributed by atoms with E-state index in [0.717, 1.165) is 4.90 Å². The Kier molecular flexibility index (Phi) is 16.3. The van der Waals surface area contributed by atoms with E-state index in [9.17, 15) is 44.4 Å². The number of rotatable bonds is 5. The van der Waals surface area contributed by atoms with Gasteiger partial charge in [-0.05, 0) is 101 Å². The van der Waals surface area contributed by atoms with Crippen molar-refractivity contribution in [1.29, 1.82) is 0 Å². The SMILES string of the molecule is CO[C@@H]1C[C@H](C[C@@H](C)[C@@H]2CC(=O)[C@H](C)C3OC3(C)[C@@H](O)[C@@H](OC)C(=O)[C@H](C)C[C@H](C)C3OC3C3OC3/C=C(\C)C(O)C[C@@H]3CC[C@@H](C)[C@@](O)(O3)C(=O)C(=O)N3CCCC[C@H]3C(=O)O2)CC[C@H]1O. The first kappa shape index (κ1) is 52.1. The number of carbonyl (C=O) groups is 5. The number of hydrogen-bond acceptors (Lipinski definition) is 16. The quantitative estimate of drug-likeness (QED) is 0.134. The van der Waals surface area contributed by atoms with Gasteiger partial charge in [-0.1, -0.05) is 40.7 Å². The maximum absolute atomic E-state index is 14.4. The van der Waals surface area contributed by atoms with E-state index in [-0.39, 0.29) is 85.6 Å². The van der Waals surface area contributed by atoms with Crippen LogP contribution in [-0.4, -0.2) is 166 Å². The van der Waals surface area contributed by atoms with E-state index in [0.29, 0.717) is 63.4 Å². The number of ether oxygens (including phenoxy) is 7. The summed E-state index contributed by atoms with van der Waals surface area (Å²) in [5.41, 5.74) is -0.681. The number of Topliss-reactive ketones (excluding diaryl/α,β-unsaturated/α-hetero) is 3. The molecule has 7 unspecified atom stereocenters. The predicted molar refractivity (Wildman–Crippen MR) is 239 cm³/mol. The lowest BCUT2D eigenvalue weighted by Crippen LogP contribution is -2.61. The molecule has 6 fully saturated rings. The fourth-order valence-electron chi connectivity index (χ4n) is 11.8. The standard InChI is InChI=1S/C50H77NO16/c1-24-20-38-41(63-38)43-40(65-43)27(4)18-26(3)39(55)42(62-9)44(56)49(7)46(67-49)29(6)35(54)23-36(25(2)19-30-14-16-33(52)37(21-30)61-8)64-48(59)32-12-10-11-17-51(32)47(58)45(57)50(60)28(5)13-15-31(66-50)22-34(24)53/h20,25-34,36-38,40-44,46,52-53,56,60H,10-19,21-23H2,1-9H3/b24-20+/t25-,26-,27+,28-,29+,30+,31+,32+,33-,34?,36+,37-,38?,40?,41?,42+,43?,44+,46?,49?,50-/m1/s1. The second-order valence-corrected chi connectivity index (χ2v) is 21.6. The molecule has 0 aromatic rings. The van der Waals surface area contributed by atoms with Gasteiger partial charge in [-0.15, -0.1) is 0 Å². The molecule has 1 saturated carbocycles. The number of carbonyl (C=O) groups excluding carboxylic acids is 5. The number of hydrogen-bond donors (Lipinski definition) is 4. The van der Waals surface area contributed by atoms with Gasteiger partial charge in [0.1, 0.15) is 54.0 Å². The molecule has 67 heavy (non-hydrogen) atoms. The van der Waals surface area contributed by atoms with Crippen molar-refractivity contribution in [2.45, 2.75) is 216 Å². The van der Waals surface area contributed by atoms with Crippen LogP contribution in [0.25, 0.3) is 0 Å². The van der Waals surface area contributed by atoms with Crippen molar-refractivity contribution in [1.82, 2.24) is 4.90 Å². The highest BCUT2D eigenvalue weighted by Gasteiger charge is 2.64. The van der Waals surface area contributed by atoms with Crippen molar-refractivity contribution < 1.29 is 77.6 Å². The lowest BCUT2D eigenvalue weighted by Gasteiger charge is -2.42. The zero-order chi connectivity index (χ0) is 48.9. The molecule has 0 aromatic carbocycles. The molecular weight excluding hydrogens is 871 g/mol. The molecule has 17 heteroatoms. The third kappa shape index (κ3) is 11.1. The second-order valence-electron chi connectivity index (χ2n) is 21.6. The number of esters is 1. The molecule has 1 amide bonds. The summed E-state index contributed by atoms with van der Waals surface area (Å²) in [6.07, 6.45) is -1.51. The van der Waals surface area contributed by atoms with Crippen LogP contribution < -0.4 is 0 Å². The van der Waals surface area contributed by atoms with E-state index in [4.69, 9.17) is 33.2 Å². The number of methoxy groups -OCH3 is 2. The minimum atomic E-state index is -2.50. The monoisotopic (exact) mass is 948 g/mol. The first-order chi connectivity index (χ1) is 31.6. The van der Waals surface area contributed by atoms with Crippen molar-refractivity contribution >= 4 is 29.2 Å². The van der Waals surface area contributed by atoms with Crippen LogP contribution in [0.4, 0.5) is 0 Å². The minimum Gasteiger partial charge on any atom is -0.460 e. The smallest absolute Gasteiger partial charge is 0.329 e. The lowest BCUT2D eigenvalue weighted by atomic mass is 9.78. The van der Waals surface area contributed by atoms with Crippen LogP contribution in [0.1, 0.15) is 126 Å². The van der Waals surface area contributed by atoms with Gasteiger partial charge in [0.25, 0.3) is 11.7 Å². The number of cyclic esters (lactones) is 1. The predicted octanol–water partition coefficient (Wildman–Crippen LogP) is 3.16. The number of piperidine rings is 1. The van der Waals surface area contributed by atoms with Crippen LogP contribution in [0.15, 0.2) is 11.6 Å². The average molecular weight is 948 g/mol.